The van der Waals surface area contributed by atoms with Crippen LogP contribution < -0.4 is 5.32 Å². The quantitative estimate of drug-likeness (QED) is 0.689. The summed E-state index contributed by atoms with van der Waals surface area (Å²) < 4.78 is 0. The molecule has 0 saturated carbocycles. The first-order chi connectivity index (χ1) is 13.8. The van der Waals surface area contributed by atoms with Gasteiger partial charge in [0.1, 0.15) is 5.15 Å². The first-order valence-corrected chi connectivity index (χ1v) is 10.1. The van der Waals surface area contributed by atoms with E-state index in [1.165, 1.54) is 5.56 Å². The number of aromatic nitrogens is 3. The summed E-state index contributed by atoms with van der Waals surface area (Å²) in [4.78, 5) is 6.71. The molecular formula is C22H22ClN5. The molecule has 2 aromatic heterocycles. The predicted octanol–water partition coefficient (Wildman–Crippen LogP) is 3.58. The summed E-state index contributed by atoms with van der Waals surface area (Å²) in [7, 11) is 0. The molecule has 0 amide bonds. The fourth-order valence-electron chi connectivity index (χ4n) is 4.49. The smallest absolute Gasteiger partial charge is 0.129 e. The Bertz CT molecular complexity index is 929. The van der Waals surface area contributed by atoms with Gasteiger partial charge in [0.15, 0.2) is 0 Å². The molecule has 3 aromatic rings. The van der Waals surface area contributed by atoms with Gasteiger partial charge >= 0.3 is 0 Å². The summed E-state index contributed by atoms with van der Waals surface area (Å²) in [6.07, 6.45) is 1.87. The standard InChI is InChI=1S/C22H22ClN5/c23-21-9-6-15(10-24-21)12-28-13-17-11-25-22(18(17)14-28)20-8-7-19(26-27-20)16-4-2-1-3-5-16/h1-10,17-18,22,25H,11-14H2. The lowest BCUT2D eigenvalue weighted by molar-refractivity contribution is 0.293. The number of pyridine rings is 1. The second kappa shape index (κ2) is 7.59. The Morgan fingerprint density at radius 1 is 1.00 bits per heavy atom. The van der Waals surface area contributed by atoms with Crippen molar-refractivity contribution >= 4 is 11.6 Å². The second-order valence-corrected chi connectivity index (χ2v) is 8.09. The van der Waals surface area contributed by atoms with Gasteiger partial charge in [-0.1, -0.05) is 48.0 Å². The highest BCUT2D eigenvalue weighted by Gasteiger charge is 2.43. The van der Waals surface area contributed by atoms with Gasteiger partial charge in [0.05, 0.1) is 17.4 Å². The van der Waals surface area contributed by atoms with Crippen LogP contribution >= 0.6 is 11.6 Å². The Balaban J connectivity index is 1.28. The van der Waals surface area contributed by atoms with Crippen molar-refractivity contribution in [2.24, 2.45) is 11.8 Å². The maximum atomic E-state index is 5.90. The first kappa shape index (κ1) is 17.7. The molecule has 3 atom stereocenters. The van der Waals surface area contributed by atoms with Gasteiger partial charge < -0.3 is 5.32 Å². The Kier molecular flexibility index (Phi) is 4.81. The average Bonchev–Trinajstić information content (AvgIpc) is 3.31. The van der Waals surface area contributed by atoms with Crippen LogP contribution in [-0.4, -0.2) is 39.7 Å². The summed E-state index contributed by atoms with van der Waals surface area (Å²) in [6, 6.07) is 18.6. The summed E-state index contributed by atoms with van der Waals surface area (Å²) in [5, 5.41) is 13.3. The molecule has 2 aliphatic rings. The Morgan fingerprint density at radius 2 is 1.89 bits per heavy atom. The van der Waals surface area contributed by atoms with Crippen molar-refractivity contribution in [2.75, 3.05) is 19.6 Å². The molecule has 0 bridgehead atoms. The van der Waals surface area contributed by atoms with E-state index in [-0.39, 0.29) is 6.04 Å². The van der Waals surface area contributed by atoms with E-state index in [1.807, 2.05) is 30.5 Å². The van der Waals surface area contributed by atoms with Crippen molar-refractivity contribution in [3.8, 4) is 11.3 Å². The Hall–Kier alpha value is -2.34. The van der Waals surface area contributed by atoms with E-state index in [0.29, 0.717) is 17.0 Å². The molecular weight excluding hydrogens is 370 g/mol. The minimum Gasteiger partial charge on any atom is -0.308 e. The van der Waals surface area contributed by atoms with Crippen LogP contribution in [-0.2, 0) is 6.54 Å². The van der Waals surface area contributed by atoms with Crippen molar-refractivity contribution < 1.29 is 0 Å². The van der Waals surface area contributed by atoms with Crippen LogP contribution in [0, 0.1) is 11.8 Å². The number of hydrogen-bond donors (Lipinski definition) is 1. The molecule has 4 heterocycles. The number of hydrogen-bond acceptors (Lipinski definition) is 5. The van der Waals surface area contributed by atoms with Crippen molar-refractivity contribution in [2.45, 2.75) is 12.6 Å². The average molecular weight is 392 g/mol. The number of halogens is 1. The largest absolute Gasteiger partial charge is 0.308 e. The summed E-state index contributed by atoms with van der Waals surface area (Å²) in [5.41, 5.74) is 4.27. The molecule has 5 nitrogen and oxygen atoms in total. The zero-order valence-corrected chi connectivity index (χ0v) is 16.3. The number of nitrogens with zero attached hydrogens (tertiary/aromatic N) is 4. The molecule has 0 spiro atoms. The van der Waals surface area contributed by atoms with E-state index in [0.717, 1.165) is 43.1 Å². The normalized spacial score (nSPS) is 24.4. The van der Waals surface area contributed by atoms with Crippen LogP contribution in [0.1, 0.15) is 17.3 Å². The van der Waals surface area contributed by atoms with Crippen LogP contribution in [0.15, 0.2) is 60.8 Å². The number of fused-ring (bicyclic) bond motifs is 1. The predicted molar refractivity (Wildman–Crippen MR) is 110 cm³/mol. The van der Waals surface area contributed by atoms with E-state index in [1.54, 1.807) is 0 Å². The lowest BCUT2D eigenvalue weighted by Crippen LogP contribution is -2.28. The molecule has 1 N–H and O–H groups in total. The number of nitrogens with one attached hydrogen (secondary N) is 1. The van der Waals surface area contributed by atoms with Gasteiger partial charge in [-0.25, -0.2) is 4.98 Å². The molecule has 0 aliphatic carbocycles. The molecule has 1 aromatic carbocycles. The van der Waals surface area contributed by atoms with Gasteiger partial charge in [-0.3, -0.25) is 4.90 Å². The molecule has 2 saturated heterocycles. The minimum atomic E-state index is 0.274. The fraction of sp³-hybridized carbons (Fsp3) is 0.318. The molecule has 5 rings (SSSR count). The molecule has 2 aliphatic heterocycles. The third kappa shape index (κ3) is 3.53. The van der Waals surface area contributed by atoms with Crippen molar-refractivity contribution in [3.05, 3.63) is 77.2 Å². The molecule has 142 valence electrons. The van der Waals surface area contributed by atoms with Crippen LogP contribution in [0.3, 0.4) is 0 Å². The highest BCUT2D eigenvalue weighted by atomic mass is 35.5. The zero-order valence-electron chi connectivity index (χ0n) is 15.5. The summed E-state index contributed by atoms with van der Waals surface area (Å²) >= 11 is 5.90. The maximum absolute atomic E-state index is 5.90. The lowest BCUT2D eigenvalue weighted by atomic mass is 9.92. The van der Waals surface area contributed by atoms with Crippen molar-refractivity contribution in [3.63, 3.8) is 0 Å². The Morgan fingerprint density at radius 3 is 2.64 bits per heavy atom. The van der Waals surface area contributed by atoms with Crippen LogP contribution in [0.25, 0.3) is 11.3 Å². The lowest BCUT2D eigenvalue weighted by Gasteiger charge is -2.20. The third-order valence-corrected chi connectivity index (χ3v) is 6.09. The van der Waals surface area contributed by atoms with Crippen LogP contribution in [0.5, 0.6) is 0 Å². The summed E-state index contributed by atoms with van der Waals surface area (Å²) in [6.45, 7) is 4.12. The van der Waals surface area contributed by atoms with Gasteiger partial charge in [0.25, 0.3) is 0 Å². The molecule has 0 radical (unpaired) electrons. The first-order valence-electron chi connectivity index (χ1n) is 9.71. The van der Waals surface area contributed by atoms with E-state index >= 15 is 0 Å². The van der Waals surface area contributed by atoms with Crippen molar-refractivity contribution in [1.29, 1.82) is 0 Å². The Labute approximate surface area is 169 Å². The third-order valence-electron chi connectivity index (χ3n) is 5.86. The van der Waals surface area contributed by atoms with Gasteiger partial charge in [0.2, 0.25) is 0 Å². The zero-order chi connectivity index (χ0) is 18.9. The van der Waals surface area contributed by atoms with Gasteiger partial charge in [-0.2, -0.15) is 10.2 Å². The highest BCUT2D eigenvalue weighted by molar-refractivity contribution is 6.29. The molecule has 6 heteroatoms. The number of likely N-dealkylation sites (tertiary alicyclic amines) is 1. The minimum absolute atomic E-state index is 0.274. The molecule has 3 unspecified atom stereocenters. The monoisotopic (exact) mass is 391 g/mol. The number of benzene rings is 1. The molecule has 2 fully saturated rings. The van der Waals surface area contributed by atoms with E-state index in [2.05, 4.69) is 55.7 Å². The van der Waals surface area contributed by atoms with E-state index in [4.69, 9.17) is 11.6 Å². The molecule has 28 heavy (non-hydrogen) atoms. The number of rotatable bonds is 4. The van der Waals surface area contributed by atoms with Crippen LogP contribution in [0.4, 0.5) is 0 Å². The topological polar surface area (TPSA) is 53.9 Å². The van der Waals surface area contributed by atoms with E-state index < -0.39 is 0 Å². The second-order valence-electron chi connectivity index (χ2n) is 7.70. The SMILES string of the molecule is Clc1ccc(CN2CC3CNC(c4ccc(-c5ccccc5)nn4)C3C2)cn1. The highest BCUT2D eigenvalue weighted by Crippen LogP contribution is 2.38. The van der Waals surface area contributed by atoms with Gasteiger partial charge in [-0.05, 0) is 35.6 Å². The van der Waals surface area contributed by atoms with Gasteiger partial charge in [0, 0.05) is 37.9 Å². The van der Waals surface area contributed by atoms with E-state index in [9.17, 15) is 0 Å². The van der Waals surface area contributed by atoms with Gasteiger partial charge in [-0.15, -0.1) is 0 Å². The van der Waals surface area contributed by atoms with Crippen molar-refractivity contribution in [1.82, 2.24) is 25.4 Å². The summed E-state index contributed by atoms with van der Waals surface area (Å²) in [5.74, 6) is 1.22. The fourth-order valence-corrected chi connectivity index (χ4v) is 4.61. The van der Waals surface area contributed by atoms with Crippen LogP contribution in [0.2, 0.25) is 5.15 Å². The maximum Gasteiger partial charge on any atom is 0.129 e.